The van der Waals surface area contributed by atoms with Gasteiger partial charge in [0.25, 0.3) is 0 Å². The molecular formula is C49H37NO. The Morgan fingerprint density at radius 2 is 1.10 bits per heavy atom. The molecule has 1 aromatic heterocycles. The van der Waals surface area contributed by atoms with E-state index in [1.807, 2.05) is 24.3 Å². The van der Waals surface area contributed by atoms with Crippen molar-refractivity contribution in [3.05, 3.63) is 218 Å². The van der Waals surface area contributed by atoms with Crippen LogP contribution in [0.2, 0.25) is 0 Å². The standard InChI is InChI=1S/C49H37NO/c1-2-37(38-16-5-3-6-17-38)15-10-9-14-36-24-28-43(29-25-36)50(45-32-33-49-47(35-45)46-22-11-12-23-48(46)51-49)44-30-26-40(27-31-44)42-21-13-20-41(34-42)39-18-7-4-8-19-39/h2-13,15-35H,1,14H2/b10-9-,37-15+. The molecule has 0 amide bonds. The quantitative estimate of drug-likeness (QED) is 0.136. The summed E-state index contributed by atoms with van der Waals surface area (Å²) < 4.78 is 6.18. The lowest BCUT2D eigenvalue weighted by Crippen LogP contribution is -2.09. The molecule has 8 aromatic rings. The van der Waals surface area contributed by atoms with E-state index >= 15 is 0 Å². The highest BCUT2D eigenvalue weighted by atomic mass is 16.3. The zero-order valence-electron chi connectivity index (χ0n) is 28.3. The molecule has 244 valence electrons. The Labute approximate surface area is 299 Å². The van der Waals surface area contributed by atoms with Crippen LogP contribution in [-0.2, 0) is 6.42 Å². The fourth-order valence-corrected chi connectivity index (χ4v) is 6.68. The zero-order chi connectivity index (χ0) is 34.4. The highest BCUT2D eigenvalue weighted by Gasteiger charge is 2.16. The molecule has 1 heterocycles. The predicted molar refractivity (Wildman–Crippen MR) is 217 cm³/mol. The molecule has 0 unspecified atom stereocenters. The summed E-state index contributed by atoms with van der Waals surface area (Å²) in [5.74, 6) is 0. The van der Waals surface area contributed by atoms with Crippen LogP contribution in [0.5, 0.6) is 0 Å². The first-order valence-electron chi connectivity index (χ1n) is 17.3. The van der Waals surface area contributed by atoms with Crippen molar-refractivity contribution in [3.63, 3.8) is 0 Å². The van der Waals surface area contributed by atoms with E-state index in [1.165, 1.54) is 27.8 Å². The van der Waals surface area contributed by atoms with Crippen LogP contribution in [0, 0.1) is 0 Å². The van der Waals surface area contributed by atoms with Gasteiger partial charge in [0.15, 0.2) is 0 Å². The van der Waals surface area contributed by atoms with Gasteiger partial charge in [-0.2, -0.15) is 0 Å². The first-order chi connectivity index (χ1) is 25.2. The fraction of sp³-hybridized carbons (Fsp3) is 0.0204. The molecular weight excluding hydrogens is 619 g/mol. The molecule has 2 heteroatoms. The summed E-state index contributed by atoms with van der Waals surface area (Å²) in [6.45, 7) is 4.00. The third-order valence-corrected chi connectivity index (χ3v) is 9.33. The van der Waals surface area contributed by atoms with Crippen LogP contribution in [0.3, 0.4) is 0 Å². The summed E-state index contributed by atoms with van der Waals surface area (Å²) in [6, 6.07) is 62.1. The van der Waals surface area contributed by atoms with E-state index in [4.69, 9.17) is 4.42 Å². The van der Waals surface area contributed by atoms with Crippen molar-refractivity contribution in [3.8, 4) is 22.3 Å². The molecule has 7 aromatic carbocycles. The van der Waals surface area contributed by atoms with E-state index in [0.717, 1.165) is 56.6 Å². The lowest BCUT2D eigenvalue weighted by molar-refractivity contribution is 0.669. The van der Waals surface area contributed by atoms with Crippen molar-refractivity contribution in [1.29, 1.82) is 0 Å². The van der Waals surface area contributed by atoms with Crippen LogP contribution >= 0.6 is 0 Å². The van der Waals surface area contributed by atoms with Crippen LogP contribution in [0.4, 0.5) is 17.1 Å². The molecule has 0 spiro atoms. The average Bonchev–Trinajstić information content (AvgIpc) is 3.58. The highest BCUT2D eigenvalue weighted by Crippen LogP contribution is 2.39. The van der Waals surface area contributed by atoms with Gasteiger partial charge < -0.3 is 9.32 Å². The Hall–Kier alpha value is -6.64. The van der Waals surface area contributed by atoms with Gasteiger partial charge in [0.2, 0.25) is 0 Å². The maximum absolute atomic E-state index is 6.18. The van der Waals surface area contributed by atoms with Gasteiger partial charge in [-0.3, -0.25) is 0 Å². The number of benzene rings is 7. The number of fused-ring (bicyclic) bond motifs is 3. The summed E-state index contributed by atoms with van der Waals surface area (Å²) in [4.78, 5) is 2.32. The second-order valence-corrected chi connectivity index (χ2v) is 12.6. The van der Waals surface area contributed by atoms with Gasteiger partial charge in [0.1, 0.15) is 11.2 Å². The first-order valence-corrected chi connectivity index (χ1v) is 17.3. The molecule has 0 atom stereocenters. The lowest BCUT2D eigenvalue weighted by atomic mass is 9.99. The first kappa shape index (κ1) is 31.6. The number of nitrogens with zero attached hydrogens (tertiary/aromatic N) is 1. The monoisotopic (exact) mass is 655 g/mol. The molecule has 0 aliphatic carbocycles. The second-order valence-electron chi connectivity index (χ2n) is 12.6. The zero-order valence-corrected chi connectivity index (χ0v) is 28.3. The molecule has 0 saturated carbocycles. The number of anilines is 3. The maximum atomic E-state index is 6.18. The Kier molecular flexibility index (Phi) is 8.96. The number of hydrogen-bond donors (Lipinski definition) is 0. The van der Waals surface area contributed by atoms with E-state index in [0.29, 0.717) is 0 Å². The average molecular weight is 656 g/mol. The SMILES string of the molecule is C=C/C(=C\C=C/Cc1ccc(N(c2ccc(-c3cccc(-c4ccccc4)c3)cc2)c2ccc3oc4ccccc4c3c2)cc1)c1ccccc1. The summed E-state index contributed by atoms with van der Waals surface area (Å²) >= 11 is 0. The molecule has 0 aliphatic rings. The molecule has 0 radical (unpaired) electrons. The molecule has 0 bridgehead atoms. The van der Waals surface area contributed by atoms with Gasteiger partial charge in [-0.25, -0.2) is 0 Å². The Morgan fingerprint density at radius 3 is 1.82 bits per heavy atom. The largest absolute Gasteiger partial charge is 0.456 e. The van der Waals surface area contributed by atoms with Crippen LogP contribution in [0.25, 0.3) is 49.8 Å². The minimum Gasteiger partial charge on any atom is -0.456 e. The number of rotatable bonds is 10. The van der Waals surface area contributed by atoms with Gasteiger partial charge in [0.05, 0.1) is 0 Å². The second kappa shape index (κ2) is 14.5. The van der Waals surface area contributed by atoms with Gasteiger partial charge in [-0.05, 0) is 100.0 Å². The Balaban J connectivity index is 1.11. The van der Waals surface area contributed by atoms with Crippen molar-refractivity contribution in [2.45, 2.75) is 6.42 Å². The van der Waals surface area contributed by atoms with Crippen LogP contribution in [0.15, 0.2) is 211 Å². The van der Waals surface area contributed by atoms with Crippen molar-refractivity contribution in [2.75, 3.05) is 4.90 Å². The van der Waals surface area contributed by atoms with Crippen molar-refractivity contribution >= 4 is 44.6 Å². The van der Waals surface area contributed by atoms with E-state index in [2.05, 4.69) is 187 Å². The van der Waals surface area contributed by atoms with Crippen LogP contribution < -0.4 is 4.90 Å². The third kappa shape index (κ3) is 6.81. The van der Waals surface area contributed by atoms with Gasteiger partial charge in [-0.1, -0.05) is 152 Å². The summed E-state index contributed by atoms with van der Waals surface area (Å²) in [7, 11) is 0. The summed E-state index contributed by atoms with van der Waals surface area (Å²) in [5, 5.41) is 2.22. The molecule has 0 aliphatic heterocycles. The van der Waals surface area contributed by atoms with E-state index in [9.17, 15) is 0 Å². The topological polar surface area (TPSA) is 16.4 Å². The predicted octanol–water partition coefficient (Wildman–Crippen LogP) is 13.8. The van der Waals surface area contributed by atoms with Gasteiger partial charge >= 0.3 is 0 Å². The van der Waals surface area contributed by atoms with E-state index in [-0.39, 0.29) is 0 Å². The Bertz CT molecular complexity index is 2490. The molecule has 0 saturated heterocycles. The van der Waals surface area contributed by atoms with Gasteiger partial charge in [0, 0.05) is 27.8 Å². The van der Waals surface area contributed by atoms with E-state index in [1.54, 1.807) is 0 Å². The van der Waals surface area contributed by atoms with Crippen molar-refractivity contribution < 1.29 is 4.42 Å². The number of hydrogen-bond acceptors (Lipinski definition) is 2. The highest BCUT2D eigenvalue weighted by molar-refractivity contribution is 6.06. The third-order valence-electron chi connectivity index (χ3n) is 9.33. The molecule has 0 fully saturated rings. The number of furan rings is 1. The maximum Gasteiger partial charge on any atom is 0.135 e. The molecule has 0 N–H and O–H groups in total. The molecule has 2 nitrogen and oxygen atoms in total. The summed E-state index contributed by atoms with van der Waals surface area (Å²) in [6.07, 6.45) is 9.17. The lowest BCUT2D eigenvalue weighted by Gasteiger charge is -2.26. The normalized spacial score (nSPS) is 11.7. The number of para-hydroxylation sites is 1. The molecule has 8 rings (SSSR count). The molecule has 51 heavy (non-hydrogen) atoms. The minimum absolute atomic E-state index is 0.833. The minimum atomic E-state index is 0.833. The smallest absolute Gasteiger partial charge is 0.135 e. The Morgan fingerprint density at radius 1 is 0.510 bits per heavy atom. The van der Waals surface area contributed by atoms with Crippen LogP contribution in [-0.4, -0.2) is 0 Å². The fourth-order valence-electron chi connectivity index (χ4n) is 6.68. The van der Waals surface area contributed by atoms with E-state index < -0.39 is 0 Å². The van der Waals surface area contributed by atoms with Crippen LogP contribution in [0.1, 0.15) is 11.1 Å². The summed E-state index contributed by atoms with van der Waals surface area (Å²) in [5.41, 5.74) is 13.3. The van der Waals surface area contributed by atoms with Crippen molar-refractivity contribution in [2.24, 2.45) is 0 Å². The number of allylic oxidation sites excluding steroid dienone is 5. The van der Waals surface area contributed by atoms with Gasteiger partial charge in [-0.15, -0.1) is 0 Å². The van der Waals surface area contributed by atoms with Crippen molar-refractivity contribution in [1.82, 2.24) is 0 Å².